The summed E-state index contributed by atoms with van der Waals surface area (Å²) in [5.41, 5.74) is 0.700. The van der Waals surface area contributed by atoms with Crippen LogP contribution in [0.1, 0.15) is 30.3 Å². The molecular formula is C22H24F4N4O2S. The third kappa shape index (κ3) is 5.13. The van der Waals surface area contributed by atoms with Crippen LogP contribution < -0.4 is 4.90 Å². The molecule has 2 aliphatic rings. The summed E-state index contributed by atoms with van der Waals surface area (Å²) in [6.07, 6.45) is -1.51. The lowest BCUT2D eigenvalue weighted by molar-refractivity contribution is -0.145. The van der Waals surface area contributed by atoms with Gasteiger partial charge in [-0.1, -0.05) is 18.2 Å². The Bertz CT molecular complexity index is 1110. The Kier molecular flexibility index (Phi) is 6.35. The number of carbonyl (C=O) groups is 1. The molecule has 0 saturated carbocycles. The van der Waals surface area contributed by atoms with Crippen molar-refractivity contribution in [3.63, 3.8) is 0 Å². The fourth-order valence-electron chi connectivity index (χ4n) is 4.37. The molecule has 2 aliphatic heterocycles. The van der Waals surface area contributed by atoms with Crippen molar-refractivity contribution < 1.29 is 26.6 Å². The number of benzene rings is 1. The molecule has 0 bridgehead atoms. The van der Waals surface area contributed by atoms with Crippen LogP contribution in [0.3, 0.4) is 0 Å². The predicted octanol–water partition coefficient (Wildman–Crippen LogP) is 3.15. The van der Waals surface area contributed by atoms with E-state index in [1.54, 1.807) is 28.0 Å². The second-order valence-electron chi connectivity index (χ2n) is 8.43. The van der Waals surface area contributed by atoms with E-state index < -0.39 is 33.4 Å². The lowest BCUT2D eigenvalue weighted by Crippen LogP contribution is -2.53. The molecule has 0 N–H and O–H groups in total. The molecule has 3 heterocycles. The van der Waals surface area contributed by atoms with E-state index in [0.29, 0.717) is 42.1 Å². The SMILES string of the molecule is C=S1(=O)CCC(C(=O)N2CCN(c3cnc(C(F)(F)F)nc3)CC2c2ccccc2F)CC1. The highest BCUT2D eigenvalue weighted by atomic mass is 32.2. The molecule has 2 fully saturated rings. The number of nitrogens with zero attached hydrogens (tertiary/aromatic N) is 4. The monoisotopic (exact) mass is 484 g/mol. The standard InChI is InChI=1S/C22H24F4N4O2S/c1-33(32)10-6-15(7-11-33)20(31)30-9-8-29(14-19(30)17-4-2-3-5-18(17)23)16-12-27-21(28-13-16)22(24,25)26/h2-5,12-13,15,19H,1,6-11,14H2. The van der Waals surface area contributed by atoms with Crippen molar-refractivity contribution >= 4 is 27.0 Å². The molecule has 1 aromatic heterocycles. The molecule has 1 unspecified atom stereocenters. The van der Waals surface area contributed by atoms with E-state index in [0.717, 1.165) is 12.4 Å². The first-order valence-corrected chi connectivity index (χ1v) is 12.6. The van der Waals surface area contributed by atoms with Crippen molar-refractivity contribution in [3.8, 4) is 0 Å². The van der Waals surface area contributed by atoms with Gasteiger partial charge < -0.3 is 9.80 Å². The molecule has 6 nitrogen and oxygen atoms in total. The van der Waals surface area contributed by atoms with E-state index in [1.807, 2.05) is 0 Å². The molecule has 178 valence electrons. The van der Waals surface area contributed by atoms with Gasteiger partial charge in [0.1, 0.15) is 5.82 Å². The summed E-state index contributed by atoms with van der Waals surface area (Å²) in [5.74, 6) is 2.38. The summed E-state index contributed by atoms with van der Waals surface area (Å²) in [4.78, 5) is 23.6. The Morgan fingerprint density at radius 3 is 2.33 bits per heavy atom. The number of rotatable bonds is 3. The molecule has 0 aliphatic carbocycles. The van der Waals surface area contributed by atoms with E-state index >= 15 is 0 Å². The van der Waals surface area contributed by atoms with E-state index in [4.69, 9.17) is 0 Å². The number of aromatic nitrogens is 2. The highest BCUT2D eigenvalue weighted by Crippen LogP contribution is 2.33. The summed E-state index contributed by atoms with van der Waals surface area (Å²) in [6, 6.07) is 5.52. The van der Waals surface area contributed by atoms with Gasteiger partial charge in [0, 0.05) is 42.6 Å². The van der Waals surface area contributed by atoms with Crippen molar-refractivity contribution in [2.45, 2.75) is 25.1 Å². The van der Waals surface area contributed by atoms with Gasteiger partial charge >= 0.3 is 6.18 Å². The lowest BCUT2D eigenvalue weighted by atomic mass is 9.96. The molecule has 0 spiro atoms. The van der Waals surface area contributed by atoms with Crippen molar-refractivity contribution in [1.82, 2.24) is 14.9 Å². The van der Waals surface area contributed by atoms with Crippen LogP contribution >= 0.6 is 0 Å². The zero-order valence-electron chi connectivity index (χ0n) is 17.8. The Labute approximate surface area is 189 Å². The predicted molar refractivity (Wildman–Crippen MR) is 118 cm³/mol. The summed E-state index contributed by atoms with van der Waals surface area (Å²) >= 11 is 0. The molecule has 4 rings (SSSR count). The fourth-order valence-corrected chi connectivity index (χ4v) is 6.00. The number of alkyl halides is 3. The number of hydrogen-bond acceptors (Lipinski definition) is 5. The Morgan fingerprint density at radius 2 is 1.73 bits per heavy atom. The van der Waals surface area contributed by atoms with Gasteiger partial charge in [0.15, 0.2) is 0 Å². The minimum atomic E-state index is -4.64. The van der Waals surface area contributed by atoms with Crippen molar-refractivity contribution in [2.24, 2.45) is 5.92 Å². The lowest BCUT2D eigenvalue weighted by Gasteiger charge is -2.44. The molecular weight excluding hydrogens is 460 g/mol. The number of hydrogen-bond donors (Lipinski definition) is 0. The third-order valence-corrected chi connectivity index (χ3v) is 8.17. The first-order valence-electron chi connectivity index (χ1n) is 10.6. The number of amides is 1. The first kappa shape index (κ1) is 23.5. The average Bonchev–Trinajstić information content (AvgIpc) is 2.78. The molecule has 2 saturated heterocycles. The van der Waals surface area contributed by atoms with Gasteiger partial charge in [-0.15, -0.1) is 0 Å². The van der Waals surface area contributed by atoms with Crippen LogP contribution in [0, 0.1) is 11.7 Å². The van der Waals surface area contributed by atoms with Gasteiger partial charge in [0.05, 0.1) is 24.1 Å². The molecule has 11 heteroatoms. The summed E-state index contributed by atoms with van der Waals surface area (Å²) in [5, 5.41) is 0. The maximum atomic E-state index is 14.7. The molecule has 1 aromatic carbocycles. The third-order valence-electron chi connectivity index (χ3n) is 6.21. The number of halogens is 4. The van der Waals surface area contributed by atoms with Crippen LogP contribution in [0.2, 0.25) is 0 Å². The van der Waals surface area contributed by atoms with Crippen LogP contribution in [-0.2, 0) is 20.5 Å². The Morgan fingerprint density at radius 1 is 1.09 bits per heavy atom. The van der Waals surface area contributed by atoms with Crippen molar-refractivity contribution in [3.05, 3.63) is 53.9 Å². The number of carbonyl (C=O) groups excluding carboxylic acids is 1. The van der Waals surface area contributed by atoms with E-state index in [-0.39, 0.29) is 24.9 Å². The molecule has 33 heavy (non-hydrogen) atoms. The Hall–Kier alpha value is -2.69. The smallest absolute Gasteiger partial charge is 0.365 e. The van der Waals surface area contributed by atoms with Crippen LogP contribution in [0.5, 0.6) is 0 Å². The van der Waals surface area contributed by atoms with Crippen LogP contribution in [0.25, 0.3) is 0 Å². The van der Waals surface area contributed by atoms with E-state index in [1.165, 1.54) is 6.07 Å². The summed E-state index contributed by atoms with van der Waals surface area (Å²) in [6.45, 7) is 0.777. The maximum Gasteiger partial charge on any atom is 0.451 e. The normalized spacial score (nSPS) is 26.3. The topological polar surface area (TPSA) is 66.4 Å². The summed E-state index contributed by atoms with van der Waals surface area (Å²) in [7, 11) is -2.14. The first-order chi connectivity index (χ1) is 15.5. The van der Waals surface area contributed by atoms with Gasteiger partial charge in [-0.05, 0) is 34.3 Å². The van der Waals surface area contributed by atoms with Gasteiger partial charge in [-0.3, -0.25) is 9.00 Å². The number of anilines is 1. The molecule has 1 amide bonds. The molecule has 0 radical (unpaired) electrons. The minimum Gasteiger partial charge on any atom is -0.365 e. The van der Waals surface area contributed by atoms with E-state index in [2.05, 4.69) is 15.8 Å². The fraction of sp³-hybridized carbons (Fsp3) is 0.455. The highest BCUT2D eigenvalue weighted by Gasteiger charge is 2.38. The van der Waals surface area contributed by atoms with Gasteiger partial charge in [-0.2, -0.15) is 13.2 Å². The second kappa shape index (κ2) is 8.92. The second-order valence-corrected chi connectivity index (χ2v) is 11.2. The van der Waals surface area contributed by atoms with Crippen LogP contribution in [-0.4, -0.2) is 62.0 Å². The van der Waals surface area contributed by atoms with Crippen LogP contribution in [0.15, 0.2) is 36.7 Å². The maximum absolute atomic E-state index is 14.7. The zero-order valence-corrected chi connectivity index (χ0v) is 18.6. The minimum absolute atomic E-state index is 0.124. The quantitative estimate of drug-likeness (QED) is 0.495. The average molecular weight is 485 g/mol. The van der Waals surface area contributed by atoms with E-state index in [9.17, 15) is 26.6 Å². The van der Waals surface area contributed by atoms with Crippen molar-refractivity contribution in [2.75, 3.05) is 36.0 Å². The van der Waals surface area contributed by atoms with Gasteiger partial charge in [0.25, 0.3) is 0 Å². The molecule has 2 aromatic rings. The zero-order chi connectivity index (χ0) is 23.8. The highest BCUT2D eigenvalue weighted by molar-refractivity contribution is 8.00. The largest absolute Gasteiger partial charge is 0.451 e. The van der Waals surface area contributed by atoms with Gasteiger partial charge in [0.2, 0.25) is 11.7 Å². The van der Waals surface area contributed by atoms with Gasteiger partial charge in [-0.25, -0.2) is 14.4 Å². The van der Waals surface area contributed by atoms with Crippen LogP contribution in [0.4, 0.5) is 23.2 Å². The Balaban J connectivity index is 1.59. The summed E-state index contributed by atoms with van der Waals surface area (Å²) < 4.78 is 65.3. The molecule has 1 atom stereocenters. The van der Waals surface area contributed by atoms with Crippen molar-refractivity contribution in [1.29, 1.82) is 0 Å². The number of piperazine rings is 1.